The summed E-state index contributed by atoms with van der Waals surface area (Å²) in [5.74, 6) is 0.850. The van der Waals surface area contributed by atoms with Gasteiger partial charge in [0.05, 0.1) is 0 Å². The lowest BCUT2D eigenvalue weighted by Crippen LogP contribution is -2.29. The average molecular weight is 241 g/mol. The molecule has 0 spiro atoms. The second kappa shape index (κ2) is 5.69. The van der Waals surface area contributed by atoms with Crippen LogP contribution in [0.25, 0.3) is 0 Å². The molecule has 94 valence electrons. The van der Waals surface area contributed by atoms with E-state index in [9.17, 15) is 0 Å². The maximum Gasteiger partial charge on any atom is 0.139 e. The molecule has 0 aliphatic rings. The minimum atomic E-state index is -0.117. The molecule has 2 aromatic rings. The average Bonchev–Trinajstić information content (AvgIpc) is 2.38. The molecule has 2 heteroatoms. The molecule has 2 unspecified atom stereocenters. The SMILES string of the molecule is Cc1ccccc1C(Oc1ccccc1)C(C)N. The molecule has 0 saturated heterocycles. The first-order valence-corrected chi connectivity index (χ1v) is 6.21. The zero-order valence-electron chi connectivity index (χ0n) is 10.8. The van der Waals surface area contributed by atoms with Crippen LogP contribution in [0.4, 0.5) is 0 Å². The van der Waals surface area contributed by atoms with E-state index in [1.165, 1.54) is 5.56 Å². The van der Waals surface area contributed by atoms with Gasteiger partial charge in [-0.15, -0.1) is 0 Å². The largest absolute Gasteiger partial charge is 0.484 e. The first-order valence-electron chi connectivity index (χ1n) is 6.21. The monoisotopic (exact) mass is 241 g/mol. The molecule has 2 nitrogen and oxygen atoms in total. The van der Waals surface area contributed by atoms with Gasteiger partial charge in [-0.2, -0.15) is 0 Å². The van der Waals surface area contributed by atoms with Crippen molar-refractivity contribution in [3.63, 3.8) is 0 Å². The Balaban J connectivity index is 2.27. The number of aryl methyl sites for hydroxylation is 1. The van der Waals surface area contributed by atoms with E-state index in [1.54, 1.807) is 0 Å². The van der Waals surface area contributed by atoms with E-state index in [4.69, 9.17) is 10.5 Å². The fourth-order valence-corrected chi connectivity index (χ4v) is 2.01. The van der Waals surface area contributed by atoms with Crippen molar-refractivity contribution in [2.24, 2.45) is 5.73 Å². The molecule has 18 heavy (non-hydrogen) atoms. The lowest BCUT2D eigenvalue weighted by molar-refractivity contribution is 0.180. The van der Waals surface area contributed by atoms with Crippen molar-refractivity contribution in [1.29, 1.82) is 0 Å². The zero-order valence-corrected chi connectivity index (χ0v) is 10.8. The van der Waals surface area contributed by atoms with E-state index in [1.807, 2.05) is 49.4 Å². The van der Waals surface area contributed by atoms with E-state index in [0.29, 0.717) is 0 Å². The van der Waals surface area contributed by atoms with Crippen molar-refractivity contribution in [3.8, 4) is 5.75 Å². The Morgan fingerprint density at radius 2 is 1.56 bits per heavy atom. The molecule has 0 heterocycles. The van der Waals surface area contributed by atoms with Gasteiger partial charge >= 0.3 is 0 Å². The van der Waals surface area contributed by atoms with Crippen LogP contribution in [0.1, 0.15) is 24.2 Å². The van der Waals surface area contributed by atoms with E-state index in [0.717, 1.165) is 11.3 Å². The highest BCUT2D eigenvalue weighted by Crippen LogP contribution is 2.26. The van der Waals surface area contributed by atoms with Crippen LogP contribution >= 0.6 is 0 Å². The van der Waals surface area contributed by atoms with Crippen LogP contribution in [0.5, 0.6) is 5.75 Å². The number of rotatable bonds is 4. The summed E-state index contributed by atoms with van der Waals surface area (Å²) in [5.41, 5.74) is 8.41. The lowest BCUT2D eigenvalue weighted by Gasteiger charge is -2.24. The molecule has 0 radical (unpaired) electrons. The smallest absolute Gasteiger partial charge is 0.139 e. The van der Waals surface area contributed by atoms with Crippen LogP contribution in [-0.2, 0) is 0 Å². The lowest BCUT2D eigenvalue weighted by atomic mass is 9.99. The van der Waals surface area contributed by atoms with Crippen molar-refractivity contribution < 1.29 is 4.74 Å². The van der Waals surface area contributed by atoms with Crippen molar-refractivity contribution in [2.75, 3.05) is 0 Å². The topological polar surface area (TPSA) is 35.2 Å². The quantitative estimate of drug-likeness (QED) is 0.889. The van der Waals surface area contributed by atoms with Crippen LogP contribution in [0.15, 0.2) is 54.6 Å². The summed E-state index contributed by atoms with van der Waals surface area (Å²) in [6.07, 6.45) is -0.117. The normalized spacial score (nSPS) is 13.9. The number of para-hydroxylation sites is 1. The molecule has 2 rings (SSSR count). The summed E-state index contributed by atoms with van der Waals surface area (Å²) >= 11 is 0. The number of ether oxygens (including phenoxy) is 1. The van der Waals surface area contributed by atoms with Gasteiger partial charge in [0.2, 0.25) is 0 Å². The predicted molar refractivity (Wildman–Crippen MR) is 74.6 cm³/mol. The highest BCUT2D eigenvalue weighted by Gasteiger charge is 2.19. The number of hydrogen-bond acceptors (Lipinski definition) is 2. The van der Waals surface area contributed by atoms with Crippen molar-refractivity contribution in [2.45, 2.75) is 26.0 Å². The first-order chi connectivity index (χ1) is 8.68. The Bertz CT molecular complexity index is 493. The first kappa shape index (κ1) is 12.7. The van der Waals surface area contributed by atoms with Gasteiger partial charge in [-0.25, -0.2) is 0 Å². The summed E-state index contributed by atoms with van der Waals surface area (Å²) < 4.78 is 6.02. The van der Waals surface area contributed by atoms with E-state index in [2.05, 4.69) is 19.1 Å². The van der Waals surface area contributed by atoms with Crippen molar-refractivity contribution in [3.05, 3.63) is 65.7 Å². The third-order valence-electron chi connectivity index (χ3n) is 2.98. The van der Waals surface area contributed by atoms with Crippen LogP contribution in [0, 0.1) is 6.92 Å². The van der Waals surface area contributed by atoms with Crippen LogP contribution in [-0.4, -0.2) is 6.04 Å². The second-order valence-electron chi connectivity index (χ2n) is 4.57. The fourth-order valence-electron chi connectivity index (χ4n) is 2.01. The molecule has 0 amide bonds. The molecule has 0 saturated carbocycles. The van der Waals surface area contributed by atoms with E-state index >= 15 is 0 Å². The summed E-state index contributed by atoms with van der Waals surface area (Å²) in [5, 5.41) is 0. The summed E-state index contributed by atoms with van der Waals surface area (Å²) in [7, 11) is 0. The van der Waals surface area contributed by atoms with Gasteiger partial charge in [-0.05, 0) is 37.1 Å². The number of nitrogens with two attached hydrogens (primary N) is 1. The van der Waals surface area contributed by atoms with Gasteiger partial charge in [0.25, 0.3) is 0 Å². The third kappa shape index (κ3) is 2.90. The maximum absolute atomic E-state index is 6.06. The van der Waals surface area contributed by atoms with Gasteiger partial charge in [-0.3, -0.25) is 0 Å². The van der Waals surface area contributed by atoms with Crippen molar-refractivity contribution >= 4 is 0 Å². The maximum atomic E-state index is 6.06. The summed E-state index contributed by atoms with van der Waals surface area (Å²) in [4.78, 5) is 0. The van der Waals surface area contributed by atoms with Gasteiger partial charge in [0, 0.05) is 6.04 Å². The summed E-state index contributed by atoms with van der Waals surface area (Å²) in [6, 6.07) is 17.9. The Morgan fingerprint density at radius 1 is 0.944 bits per heavy atom. The Kier molecular flexibility index (Phi) is 4.00. The molecule has 0 aromatic heterocycles. The standard InChI is InChI=1S/C16H19NO/c1-12-8-6-7-11-15(12)16(13(2)17)18-14-9-4-3-5-10-14/h3-11,13,16H,17H2,1-2H3. The molecule has 0 aliphatic carbocycles. The zero-order chi connectivity index (χ0) is 13.0. The van der Waals surface area contributed by atoms with Crippen molar-refractivity contribution in [1.82, 2.24) is 0 Å². The molecule has 2 aromatic carbocycles. The highest BCUT2D eigenvalue weighted by molar-refractivity contribution is 5.31. The van der Waals surface area contributed by atoms with Gasteiger partial charge in [-0.1, -0.05) is 42.5 Å². The molecule has 0 bridgehead atoms. The molecule has 0 fully saturated rings. The minimum absolute atomic E-state index is 0.0636. The van der Waals surface area contributed by atoms with Crippen LogP contribution in [0.3, 0.4) is 0 Å². The molecule has 2 N–H and O–H groups in total. The number of hydrogen-bond donors (Lipinski definition) is 1. The Labute approximate surface area is 108 Å². The Hall–Kier alpha value is -1.80. The Morgan fingerprint density at radius 3 is 2.17 bits per heavy atom. The molecular weight excluding hydrogens is 222 g/mol. The van der Waals surface area contributed by atoms with Crippen LogP contribution < -0.4 is 10.5 Å². The molecule has 2 atom stereocenters. The van der Waals surface area contributed by atoms with E-state index in [-0.39, 0.29) is 12.1 Å². The molecule has 0 aliphatic heterocycles. The third-order valence-corrected chi connectivity index (χ3v) is 2.98. The minimum Gasteiger partial charge on any atom is -0.484 e. The predicted octanol–water partition coefficient (Wildman–Crippen LogP) is 3.46. The molecular formula is C16H19NO. The van der Waals surface area contributed by atoms with Gasteiger partial charge in [0.1, 0.15) is 11.9 Å². The number of benzene rings is 2. The fraction of sp³-hybridized carbons (Fsp3) is 0.250. The summed E-state index contributed by atoms with van der Waals surface area (Å²) in [6.45, 7) is 4.05. The van der Waals surface area contributed by atoms with Gasteiger partial charge in [0.15, 0.2) is 0 Å². The van der Waals surface area contributed by atoms with Gasteiger partial charge < -0.3 is 10.5 Å². The second-order valence-corrected chi connectivity index (χ2v) is 4.57. The van der Waals surface area contributed by atoms with Crippen LogP contribution in [0.2, 0.25) is 0 Å². The highest BCUT2D eigenvalue weighted by atomic mass is 16.5. The van der Waals surface area contributed by atoms with E-state index < -0.39 is 0 Å².